The minimum Gasteiger partial charge on any atom is -0.384 e. The summed E-state index contributed by atoms with van der Waals surface area (Å²) in [5, 5.41) is 0. The number of aromatic nitrogens is 1. The van der Waals surface area contributed by atoms with Gasteiger partial charge in [-0.1, -0.05) is 12.8 Å². The van der Waals surface area contributed by atoms with Crippen LogP contribution in [0.1, 0.15) is 31.2 Å². The molecule has 0 bridgehead atoms. The van der Waals surface area contributed by atoms with Crippen LogP contribution in [0.3, 0.4) is 0 Å². The molecule has 6 heteroatoms. The summed E-state index contributed by atoms with van der Waals surface area (Å²) < 4.78 is 38.1. The van der Waals surface area contributed by atoms with E-state index in [4.69, 9.17) is 5.73 Å². The number of hydrogen-bond acceptors (Lipinski definition) is 3. The van der Waals surface area contributed by atoms with Gasteiger partial charge in [0.2, 0.25) is 0 Å². The topological polar surface area (TPSA) is 42.1 Å². The largest absolute Gasteiger partial charge is 0.416 e. The maximum Gasteiger partial charge on any atom is 0.416 e. The van der Waals surface area contributed by atoms with Crippen molar-refractivity contribution < 1.29 is 13.2 Å². The predicted octanol–water partition coefficient (Wildman–Crippen LogP) is 3.06. The van der Waals surface area contributed by atoms with Crippen molar-refractivity contribution in [2.24, 2.45) is 0 Å². The summed E-state index contributed by atoms with van der Waals surface area (Å²) in [4.78, 5) is 5.80. The number of alkyl halides is 3. The van der Waals surface area contributed by atoms with Crippen molar-refractivity contribution in [1.82, 2.24) is 4.98 Å². The first kappa shape index (κ1) is 13.0. The van der Waals surface area contributed by atoms with Gasteiger partial charge in [0.1, 0.15) is 11.6 Å². The Morgan fingerprint density at radius 1 is 1.28 bits per heavy atom. The van der Waals surface area contributed by atoms with Crippen LogP contribution >= 0.6 is 0 Å². The summed E-state index contributed by atoms with van der Waals surface area (Å²) in [6, 6.07) is 2.20. The number of nitrogen functional groups attached to an aromatic ring is 1. The summed E-state index contributed by atoms with van der Waals surface area (Å²) in [5.74, 6) is 0.207. The Bertz CT molecular complexity index is 425. The van der Waals surface area contributed by atoms with E-state index in [0.29, 0.717) is 5.82 Å². The van der Waals surface area contributed by atoms with Gasteiger partial charge >= 0.3 is 6.18 Å². The normalized spacial score (nSPS) is 17.1. The monoisotopic (exact) mass is 259 g/mol. The third-order valence-corrected chi connectivity index (χ3v) is 3.39. The molecule has 0 radical (unpaired) electrons. The average molecular weight is 259 g/mol. The molecule has 1 aromatic rings. The van der Waals surface area contributed by atoms with E-state index in [1.54, 1.807) is 11.9 Å². The molecule has 18 heavy (non-hydrogen) atoms. The fraction of sp³-hybridized carbons (Fsp3) is 0.583. The maximum atomic E-state index is 12.7. The lowest BCUT2D eigenvalue weighted by Crippen LogP contribution is -2.30. The molecule has 0 amide bonds. The number of halogens is 3. The Labute approximate surface area is 104 Å². The van der Waals surface area contributed by atoms with Crippen molar-refractivity contribution in [2.75, 3.05) is 17.7 Å². The van der Waals surface area contributed by atoms with Gasteiger partial charge in [0.25, 0.3) is 0 Å². The van der Waals surface area contributed by atoms with Crippen molar-refractivity contribution in [3.63, 3.8) is 0 Å². The van der Waals surface area contributed by atoms with Crippen LogP contribution in [0.5, 0.6) is 0 Å². The molecular weight excluding hydrogens is 243 g/mol. The van der Waals surface area contributed by atoms with Gasteiger partial charge in [-0.05, 0) is 25.0 Å². The SMILES string of the molecule is CN(c1cc(C(F)(F)F)cc(N)n1)C1CCCC1. The van der Waals surface area contributed by atoms with E-state index in [1.807, 2.05) is 0 Å². The van der Waals surface area contributed by atoms with Crippen LogP contribution < -0.4 is 10.6 Å². The fourth-order valence-corrected chi connectivity index (χ4v) is 2.36. The second-order valence-electron chi connectivity index (χ2n) is 4.69. The van der Waals surface area contributed by atoms with Crippen LogP contribution in [0.2, 0.25) is 0 Å². The first-order chi connectivity index (χ1) is 8.38. The lowest BCUT2D eigenvalue weighted by molar-refractivity contribution is -0.137. The summed E-state index contributed by atoms with van der Waals surface area (Å²) in [7, 11) is 1.78. The van der Waals surface area contributed by atoms with E-state index >= 15 is 0 Å². The molecule has 1 fully saturated rings. The van der Waals surface area contributed by atoms with Crippen molar-refractivity contribution in [3.8, 4) is 0 Å². The predicted molar refractivity (Wildman–Crippen MR) is 64.3 cm³/mol. The molecule has 2 N–H and O–H groups in total. The Hall–Kier alpha value is -1.46. The molecule has 1 aliphatic carbocycles. The molecule has 0 saturated heterocycles. The molecule has 0 aliphatic heterocycles. The molecule has 1 aliphatic rings. The van der Waals surface area contributed by atoms with Gasteiger partial charge in [0, 0.05) is 13.1 Å². The van der Waals surface area contributed by atoms with Crippen LogP contribution in [0, 0.1) is 0 Å². The molecule has 2 rings (SSSR count). The van der Waals surface area contributed by atoms with Crippen molar-refractivity contribution in [1.29, 1.82) is 0 Å². The molecule has 1 saturated carbocycles. The summed E-state index contributed by atoms with van der Waals surface area (Å²) >= 11 is 0. The summed E-state index contributed by atoms with van der Waals surface area (Å²) in [6.07, 6.45) is -0.169. The molecule has 1 aromatic heterocycles. The Balaban J connectivity index is 2.29. The van der Waals surface area contributed by atoms with Crippen molar-refractivity contribution in [3.05, 3.63) is 17.7 Å². The molecule has 0 atom stereocenters. The highest BCUT2D eigenvalue weighted by molar-refractivity contribution is 5.49. The van der Waals surface area contributed by atoms with Crippen LogP contribution in [0.25, 0.3) is 0 Å². The second-order valence-corrected chi connectivity index (χ2v) is 4.69. The molecule has 100 valence electrons. The van der Waals surface area contributed by atoms with Gasteiger partial charge in [-0.25, -0.2) is 4.98 Å². The molecule has 3 nitrogen and oxygen atoms in total. The minimum absolute atomic E-state index is 0.0929. The smallest absolute Gasteiger partial charge is 0.384 e. The van der Waals surface area contributed by atoms with E-state index < -0.39 is 11.7 Å². The Kier molecular flexibility index (Phi) is 3.36. The number of nitrogens with two attached hydrogens (primary N) is 1. The molecule has 0 aromatic carbocycles. The zero-order valence-corrected chi connectivity index (χ0v) is 10.2. The highest BCUT2D eigenvalue weighted by Crippen LogP contribution is 2.33. The lowest BCUT2D eigenvalue weighted by atomic mass is 10.2. The minimum atomic E-state index is -4.39. The second kappa shape index (κ2) is 4.66. The molecule has 0 unspecified atom stereocenters. The van der Waals surface area contributed by atoms with E-state index in [9.17, 15) is 13.2 Å². The van der Waals surface area contributed by atoms with Gasteiger partial charge in [0.05, 0.1) is 5.56 Å². The number of hydrogen-bond donors (Lipinski definition) is 1. The molecule has 1 heterocycles. The number of anilines is 2. The molecular formula is C12H16F3N3. The standard InChI is InChI=1S/C12H16F3N3/c1-18(9-4-2-3-5-9)11-7-8(12(13,14)15)6-10(16)17-11/h6-7,9H,2-5H2,1H3,(H2,16,17). The van der Waals surface area contributed by atoms with Gasteiger partial charge in [-0.2, -0.15) is 13.2 Å². The summed E-state index contributed by atoms with van der Waals surface area (Å²) in [5.41, 5.74) is 4.71. The van der Waals surface area contributed by atoms with Crippen LogP contribution in [0.4, 0.5) is 24.8 Å². The third kappa shape index (κ3) is 2.68. The van der Waals surface area contributed by atoms with Crippen LogP contribution in [-0.4, -0.2) is 18.1 Å². The number of rotatable bonds is 2. The highest BCUT2D eigenvalue weighted by atomic mass is 19.4. The quantitative estimate of drug-likeness (QED) is 0.887. The van der Waals surface area contributed by atoms with Gasteiger partial charge in [0.15, 0.2) is 0 Å². The van der Waals surface area contributed by atoms with E-state index in [1.165, 1.54) is 0 Å². The zero-order valence-electron chi connectivity index (χ0n) is 10.2. The Morgan fingerprint density at radius 2 is 1.89 bits per heavy atom. The van der Waals surface area contributed by atoms with Gasteiger partial charge in [-0.3, -0.25) is 0 Å². The van der Waals surface area contributed by atoms with E-state index in [-0.39, 0.29) is 11.9 Å². The Morgan fingerprint density at radius 3 is 2.44 bits per heavy atom. The first-order valence-electron chi connectivity index (χ1n) is 5.95. The van der Waals surface area contributed by atoms with Crippen LogP contribution in [0.15, 0.2) is 12.1 Å². The van der Waals surface area contributed by atoms with Crippen molar-refractivity contribution >= 4 is 11.6 Å². The molecule has 0 spiro atoms. The maximum absolute atomic E-state index is 12.7. The third-order valence-electron chi connectivity index (χ3n) is 3.39. The van der Waals surface area contributed by atoms with Gasteiger partial charge < -0.3 is 10.6 Å². The zero-order chi connectivity index (χ0) is 13.3. The number of nitrogens with zero attached hydrogens (tertiary/aromatic N) is 2. The average Bonchev–Trinajstić information content (AvgIpc) is 2.79. The van der Waals surface area contributed by atoms with Crippen molar-refractivity contribution in [2.45, 2.75) is 37.9 Å². The van der Waals surface area contributed by atoms with E-state index in [2.05, 4.69) is 4.98 Å². The lowest BCUT2D eigenvalue weighted by Gasteiger charge is -2.26. The number of pyridine rings is 1. The van der Waals surface area contributed by atoms with E-state index in [0.717, 1.165) is 37.8 Å². The first-order valence-corrected chi connectivity index (χ1v) is 5.95. The van der Waals surface area contributed by atoms with Crippen LogP contribution in [-0.2, 0) is 6.18 Å². The summed E-state index contributed by atoms with van der Waals surface area (Å²) in [6.45, 7) is 0. The highest BCUT2D eigenvalue weighted by Gasteiger charge is 2.32. The fourth-order valence-electron chi connectivity index (χ4n) is 2.36. The van der Waals surface area contributed by atoms with Gasteiger partial charge in [-0.15, -0.1) is 0 Å².